The van der Waals surface area contributed by atoms with Crippen LogP contribution < -0.4 is 0 Å². The van der Waals surface area contributed by atoms with E-state index >= 15 is 0 Å². The number of aliphatic hydroxyl groups excluding tert-OH is 34. The fourth-order valence-electron chi connectivity index (χ4n) is 18.9. The molecule has 0 saturated carbocycles. The number of ether oxygens (including phenoxy) is 25. The first kappa shape index (κ1) is 111. The van der Waals surface area contributed by atoms with Gasteiger partial charge in [0.1, 0.15) is 287 Å². The van der Waals surface area contributed by atoms with Crippen molar-refractivity contribution in [3.8, 4) is 0 Å². The summed E-state index contributed by atoms with van der Waals surface area (Å²) in [6.07, 6.45) is -126. The van der Waals surface area contributed by atoms with E-state index < -0.39 is 461 Å². The maximum absolute atomic E-state index is 12.4. The molecule has 0 aromatic rings. The molecule has 34 N–H and O–H groups in total. The Balaban J connectivity index is 0.696. The summed E-state index contributed by atoms with van der Waals surface area (Å²) in [6, 6.07) is 0. The fourth-order valence-corrected chi connectivity index (χ4v) is 18.9. The Morgan fingerprint density at radius 2 is 0.275 bits per heavy atom. The summed E-state index contributed by atoms with van der Waals surface area (Å²) in [5, 5.41) is 386. The van der Waals surface area contributed by atoms with Crippen LogP contribution in [0.5, 0.6) is 0 Å². The van der Waals surface area contributed by atoms with Crippen LogP contribution in [0.25, 0.3) is 0 Å². The molecule has 0 spiro atoms. The van der Waals surface area contributed by atoms with E-state index in [9.17, 15) is 174 Å². The highest BCUT2D eigenvalue weighted by molar-refractivity contribution is 5.06. The third-order valence-corrected chi connectivity index (χ3v) is 26.7. The highest BCUT2D eigenvalue weighted by atomic mass is 17.2. The molecule has 0 unspecified atom stereocenters. The molecule has 44 fully saturated rings. The van der Waals surface area contributed by atoms with Gasteiger partial charge in [-0.25, -0.2) is 9.78 Å². The molecule has 138 heavy (non-hydrogen) atoms. The third-order valence-electron chi connectivity index (χ3n) is 26.7. The van der Waals surface area contributed by atoms with Crippen molar-refractivity contribution in [2.75, 3.05) is 92.5 Å². The zero-order valence-electron chi connectivity index (χ0n) is 72.9. The smallest absolute Gasteiger partial charge is 0.187 e. The van der Waals surface area contributed by atoms with Crippen LogP contribution in [0, 0.1) is 0 Å². The van der Waals surface area contributed by atoms with E-state index in [2.05, 4.69) is 0 Å². The van der Waals surface area contributed by atoms with Crippen molar-refractivity contribution in [3.63, 3.8) is 0 Å². The number of unbranched alkanes of at least 4 members (excludes halogenated alkanes) is 2. The van der Waals surface area contributed by atoms with Gasteiger partial charge in [0, 0.05) is 6.61 Å². The molecule has 0 amide bonds. The van der Waals surface area contributed by atoms with Crippen LogP contribution in [0.15, 0.2) is 0 Å². The van der Waals surface area contributed by atoms with Gasteiger partial charge in [-0.2, -0.15) is 0 Å². The summed E-state index contributed by atoms with van der Waals surface area (Å²) in [4.78, 5) is 11.4. The van der Waals surface area contributed by atoms with Crippen molar-refractivity contribution in [3.05, 3.63) is 0 Å². The molecular weight excluding hydrogens is 1900 g/mol. The van der Waals surface area contributed by atoms with Crippen LogP contribution in [0.3, 0.4) is 0 Å². The second kappa shape index (κ2) is 48.9. The highest BCUT2D eigenvalue weighted by Crippen LogP contribution is 2.44. The lowest BCUT2D eigenvalue weighted by Gasteiger charge is -2.51. The first-order valence-electron chi connectivity index (χ1n) is 44.9. The average Bonchev–Trinajstić information content (AvgIpc) is 0.759. The van der Waals surface area contributed by atoms with Gasteiger partial charge in [0.05, 0.1) is 85.9 Å². The molecule has 44 aliphatic rings. The summed E-state index contributed by atoms with van der Waals surface area (Å²) in [5.74, 6) is 0. The Bertz CT molecular complexity index is 3380. The standard InChI is InChI=1S/C77H128O61/c78-6-18-52-30(90)40(100)66(114-18)128-54-20(8-80)118-70(44(104)34(54)94)132-58-24(12-84)122-74(48(108)38(58)98)136-62-28(16-88)124-76(134-60-26(14-86)120-72(46(106)36(60)96)130-56-22(10-82)116-68(126-52)42(102)32(56)92)50(110)64(62)112-4-2-1-3-5-113-138-65-51(111)77-125-29(17-89)63(65)137-75-49(109)39(99)59(25(13-85)123-75)133-71-45(105)35(95)55(21(9-81)119-71)129-67-41(101)31(91)53(19(7-79)115-67)127-69-43(103)33(93)57(23(11-83)117-69)131-73-47(107)37(97)61(135-77)27(15-87)121-73/h18-111H,1-17H2/t18-,19-,20-,21-,22-,23-,24-,25-,26-,27-,28-,29-,30-,31-,32-,33-,34-,35-,36-,37-,38-,39-,40-,41-,42-,43-,44-,45-,46-,47-,48-,49-,50-,51-,52-,53-,54-,55-,56-,57-,58-,59-,60-,61-,62+,63+,64-,65-,66-,67-,68-,69-,70-,71-,72-,73-,74-,75-,76-,77-/m1/s1. The van der Waals surface area contributed by atoms with E-state index in [-0.39, 0.29) is 19.3 Å². The molecule has 61 nitrogen and oxygen atoms in total. The molecule has 0 aromatic heterocycles. The summed E-state index contributed by atoms with van der Waals surface area (Å²) in [6.45, 7) is -14.6. The van der Waals surface area contributed by atoms with Crippen LogP contribution in [0.4, 0.5) is 0 Å². The Morgan fingerprint density at radius 3 is 0.449 bits per heavy atom. The second-order valence-electron chi connectivity index (χ2n) is 35.5. The average molecular weight is 2030 g/mol. The zero-order valence-corrected chi connectivity index (χ0v) is 72.9. The van der Waals surface area contributed by atoms with Crippen molar-refractivity contribution < 1.29 is 302 Å². The van der Waals surface area contributed by atoms with Crippen LogP contribution in [-0.2, 0) is 128 Å². The summed E-state index contributed by atoms with van der Waals surface area (Å²) in [5.41, 5.74) is 0. The van der Waals surface area contributed by atoms with E-state index in [4.69, 9.17) is 128 Å². The predicted molar refractivity (Wildman–Crippen MR) is 414 cm³/mol. The van der Waals surface area contributed by atoms with Gasteiger partial charge in [-0.15, -0.1) is 0 Å². The molecule has 61 heteroatoms. The van der Waals surface area contributed by atoms with Gasteiger partial charge in [-0.3, -0.25) is 0 Å². The Kier molecular flexibility index (Phi) is 39.4. The quantitative estimate of drug-likeness (QED) is 0.0288. The highest BCUT2D eigenvalue weighted by Gasteiger charge is 2.64. The first-order valence-corrected chi connectivity index (χ1v) is 44.9. The van der Waals surface area contributed by atoms with Crippen LogP contribution in [0.2, 0.25) is 0 Å². The maximum atomic E-state index is 12.4. The lowest BCUT2D eigenvalue weighted by atomic mass is 9.94. The van der Waals surface area contributed by atoms with E-state index in [1.807, 2.05) is 0 Å². The minimum atomic E-state index is -2.37. The lowest BCUT2D eigenvalue weighted by Crippen LogP contribution is -2.69. The van der Waals surface area contributed by atoms with Crippen molar-refractivity contribution in [1.29, 1.82) is 0 Å². The molecule has 802 valence electrons. The number of rotatable bonds is 21. The van der Waals surface area contributed by atoms with Gasteiger partial charge in [-0.1, -0.05) is 0 Å². The van der Waals surface area contributed by atoms with E-state index in [0.717, 1.165) is 0 Å². The predicted octanol–water partition coefficient (Wildman–Crippen LogP) is -23.9. The molecule has 44 aliphatic heterocycles. The van der Waals surface area contributed by atoms with Crippen molar-refractivity contribution in [2.45, 2.75) is 388 Å². The van der Waals surface area contributed by atoms with Gasteiger partial charge in [0.2, 0.25) is 0 Å². The van der Waals surface area contributed by atoms with E-state index in [0.29, 0.717) is 0 Å². The minimum absolute atomic E-state index is 0.0231. The molecule has 0 radical (unpaired) electrons. The van der Waals surface area contributed by atoms with Crippen LogP contribution >= 0.6 is 0 Å². The summed E-state index contributed by atoms with van der Waals surface area (Å²) < 4.78 is 147. The molecule has 44 heterocycles. The SMILES string of the molecule is OC[C@H]1O[C@@H]2O[C@H]3[C@H](O)[C@@H](O)[C@@H](O[C@H]4[C@H](O)[C@@H](O)[C@@H](O[C@H]5[C@H](O)[C@@H](O)[C@@H](O[C@H]6[C@H](O)[C@@H](O)[C@@H](O[C@H]7[C@H](O)[C@@H](O)[C@@H](O[C@@H]1[C@H](OCCCCCOO[C@@H]1[C@@H](O)[C@H]8O[C@H]9[C@H](O)[C@@H](O)[C@@H](O[C@H]%10[C@H](O)[C@@H](O)[C@@H](O[C@H]%11[C@H](O)[C@@H](O)[C@@H](O[C@H]%12[C@H](O)[C@@H](O)[C@@H](O[C@H]%13[C@H](O)[C@@H](O)[C@@H](O[C@H]1[C@@H](CO)O8)O[C@@H]%13CO)O[C@@H]%12CO)O[C@@H]%11CO)O[C@@H]%10CO)O[C@@H]9CO)[C@H]2O)O[C@@H]7CO)O[C@@H]6CO)O[C@@H]5CO)O[C@@H]4CO)O[C@@H]3CO. The van der Waals surface area contributed by atoms with Crippen LogP contribution in [0.1, 0.15) is 19.3 Å². The van der Waals surface area contributed by atoms with E-state index in [1.165, 1.54) is 0 Å². The molecule has 24 bridgehead atoms. The molecular formula is C77H128O61. The molecule has 0 aliphatic carbocycles. The van der Waals surface area contributed by atoms with Gasteiger partial charge in [0.25, 0.3) is 0 Å². The minimum Gasteiger partial charge on any atom is -0.394 e. The monoisotopic (exact) mass is 2030 g/mol. The molecule has 60 atom stereocenters. The van der Waals surface area contributed by atoms with Gasteiger partial charge < -0.3 is 292 Å². The summed E-state index contributed by atoms with van der Waals surface area (Å²) >= 11 is 0. The third kappa shape index (κ3) is 22.8. The molecule has 44 rings (SSSR count). The second-order valence-corrected chi connectivity index (χ2v) is 35.5. The number of hydrogen-bond donors (Lipinski definition) is 34. The van der Waals surface area contributed by atoms with Crippen molar-refractivity contribution in [2.24, 2.45) is 0 Å². The fraction of sp³-hybridized carbons (Fsp3) is 1.00. The Hall–Kier alpha value is -2.44. The maximum Gasteiger partial charge on any atom is 0.187 e. The van der Waals surface area contributed by atoms with Crippen molar-refractivity contribution in [1.82, 2.24) is 0 Å². The van der Waals surface area contributed by atoms with Gasteiger partial charge in [-0.05, 0) is 19.3 Å². The zero-order chi connectivity index (χ0) is 99.8. The Morgan fingerprint density at radius 1 is 0.138 bits per heavy atom. The molecule has 44 saturated heterocycles. The van der Waals surface area contributed by atoms with Gasteiger partial charge in [0.15, 0.2) is 81.6 Å². The van der Waals surface area contributed by atoms with Gasteiger partial charge >= 0.3 is 0 Å². The summed E-state index contributed by atoms with van der Waals surface area (Å²) in [7, 11) is 0. The van der Waals surface area contributed by atoms with Crippen LogP contribution in [-0.4, -0.2) is 635 Å². The number of hydrogen-bond acceptors (Lipinski definition) is 61. The number of aliphatic hydroxyl groups is 34. The topological polar surface area (TPSA) is 937 Å². The first-order chi connectivity index (χ1) is 66.0. The lowest BCUT2D eigenvalue weighted by molar-refractivity contribution is -0.430. The largest absolute Gasteiger partial charge is 0.394 e. The normalized spacial score (nSPS) is 53.6. The van der Waals surface area contributed by atoms with Crippen molar-refractivity contribution >= 4 is 0 Å². The Labute approximate surface area is 779 Å². The van der Waals surface area contributed by atoms with E-state index in [1.54, 1.807) is 0 Å². The molecule has 0 aromatic carbocycles.